The molecule has 0 aliphatic rings. The van der Waals surface area contributed by atoms with Crippen molar-refractivity contribution in [2.75, 3.05) is 6.54 Å². The second-order valence-corrected chi connectivity index (χ2v) is 6.22. The van der Waals surface area contributed by atoms with E-state index in [1.54, 1.807) is 12.1 Å². The third-order valence-corrected chi connectivity index (χ3v) is 4.22. The highest BCUT2D eigenvalue weighted by Crippen LogP contribution is 2.28. The highest BCUT2D eigenvalue weighted by molar-refractivity contribution is 5.26. The molecule has 1 N–H and O–H groups in total. The minimum Gasteiger partial charge on any atom is -0.310 e. The molecule has 0 radical (unpaired) electrons. The molecule has 1 nitrogen and oxygen atoms in total. The van der Waals surface area contributed by atoms with Crippen LogP contribution in [0, 0.1) is 18.7 Å². The Labute approximate surface area is 130 Å². The van der Waals surface area contributed by atoms with Crippen molar-refractivity contribution < 1.29 is 4.39 Å². The van der Waals surface area contributed by atoms with E-state index in [9.17, 15) is 4.39 Å². The summed E-state index contributed by atoms with van der Waals surface area (Å²) in [4.78, 5) is 0. The van der Waals surface area contributed by atoms with Gasteiger partial charge < -0.3 is 5.32 Å². The van der Waals surface area contributed by atoms with Gasteiger partial charge in [-0.3, -0.25) is 0 Å². The van der Waals surface area contributed by atoms with Crippen molar-refractivity contribution in [1.29, 1.82) is 0 Å². The monoisotopic (exact) mass is 293 g/mol. The number of aryl methyl sites for hydroxylation is 1. The maximum Gasteiger partial charge on any atom is 0.123 e. The molecule has 2 unspecified atom stereocenters. The fraction of sp³-hybridized carbons (Fsp3) is 0.684. The first-order chi connectivity index (χ1) is 10.1. The normalized spacial score (nSPS) is 14.1. The van der Waals surface area contributed by atoms with Crippen LogP contribution in [0.2, 0.25) is 0 Å². The van der Waals surface area contributed by atoms with Crippen molar-refractivity contribution in [2.45, 2.75) is 72.3 Å². The fourth-order valence-electron chi connectivity index (χ4n) is 2.94. The highest BCUT2D eigenvalue weighted by atomic mass is 19.1. The zero-order chi connectivity index (χ0) is 15.7. The predicted molar refractivity (Wildman–Crippen MR) is 90.1 cm³/mol. The van der Waals surface area contributed by atoms with Crippen molar-refractivity contribution in [2.24, 2.45) is 5.92 Å². The molecule has 0 aliphatic carbocycles. The Kier molecular flexibility index (Phi) is 8.60. The van der Waals surface area contributed by atoms with Gasteiger partial charge in [-0.25, -0.2) is 4.39 Å². The van der Waals surface area contributed by atoms with Gasteiger partial charge in [-0.15, -0.1) is 0 Å². The average Bonchev–Trinajstić information content (AvgIpc) is 2.45. The largest absolute Gasteiger partial charge is 0.310 e. The number of hydrogen-bond acceptors (Lipinski definition) is 1. The first kappa shape index (κ1) is 18.2. The molecule has 1 aromatic carbocycles. The lowest BCUT2D eigenvalue weighted by Crippen LogP contribution is -2.24. The molecule has 1 aromatic rings. The highest BCUT2D eigenvalue weighted by Gasteiger charge is 2.17. The third kappa shape index (κ3) is 6.60. The Morgan fingerprint density at radius 3 is 2.43 bits per heavy atom. The summed E-state index contributed by atoms with van der Waals surface area (Å²) in [5.41, 5.74) is 2.12. The van der Waals surface area contributed by atoms with E-state index in [0.717, 1.165) is 36.4 Å². The molecule has 2 heteroatoms. The molecule has 21 heavy (non-hydrogen) atoms. The summed E-state index contributed by atoms with van der Waals surface area (Å²) in [6.07, 6.45) is 7.25. The van der Waals surface area contributed by atoms with Crippen LogP contribution < -0.4 is 5.32 Å². The Hall–Kier alpha value is -0.890. The molecule has 0 heterocycles. The van der Waals surface area contributed by atoms with Crippen LogP contribution in [-0.2, 0) is 0 Å². The molecule has 1 rings (SSSR count). The summed E-state index contributed by atoms with van der Waals surface area (Å²) in [6.45, 7) is 9.65. The van der Waals surface area contributed by atoms with E-state index < -0.39 is 0 Å². The molecule has 0 saturated heterocycles. The first-order valence-electron chi connectivity index (χ1n) is 8.61. The van der Waals surface area contributed by atoms with E-state index in [-0.39, 0.29) is 11.9 Å². The lowest BCUT2D eigenvalue weighted by atomic mass is 9.88. The predicted octanol–water partition coefficient (Wildman–Crippen LogP) is 5.78. The van der Waals surface area contributed by atoms with Crippen LogP contribution in [0.15, 0.2) is 18.2 Å². The van der Waals surface area contributed by atoms with Gasteiger partial charge >= 0.3 is 0 Å². The van der Waals surface area contributed by atoms with Crippen LogP contribution in [0.25, 0.3) is 0 Å². The fourth-order valence-corrected chi connectivity index (χ4v) is 2.94. The van der Waals surface area contributed by atoms with Gasteiger partial charge in [-0.1, -0.05) is 52.5 Å². The average molecular weight is 293 g/mol. The smallest absolute Gasteiger partial charge is 0.123 e. The van der Waals surface area contributed by atoms with E-state index in [1.165, 1.54) is 25.7 Å². The molecule has 0 spiro atoms. The van der Waals surface area contributed by atoms with Crippen LogP contribution >= 0.6 is 0 Å². The van der Waals surface area contributed by atoms with Gasteiger partial charge in [0.2, 0.25) is 0 Å². The van der Waals surface area contributed by atoms with Crippen molar-refractivity contribution in [3.05, 3.63) is 35.1 Å². The standard InChI is InChI=1S/C19H32FN/c1-5-8-9-16(7-3)13-19(21-10-6-2)17-11-15(4)12-18(20)14-17/h11-12,14,16,19,21H,5-10,13H2,1-4H3. The van der Waals surface area contributed by atoms with Crippen molar-refractivity contribution in [3.8, 4) is 0 Å². The molecule has 0 aromatic heterocycles. The van der Waals surface area contributed by atoms with Crippen LogP contribution in [0.4, 0.5) is 4.39 Å². The molecule has 0 fully saturated rings. The first-order valence-corrected chi connectivity index (χ1v) is 8.61. The quantitative estimate of drug-likeness (QED) is 0.576. The van der Waals surface area contributed by atoms with E-state index in [4.69, 9.17) is 0 Å². The van der Waals surface area contributed by atoms with Crippen LogP contribution in [-0.4, -0.2) is 6.54 Å². The molecular formula is C19H32FN. The second-order valence-electron chi connectivity index (χ2n) is 6.22. The van der Waals surface area contributed by atoms with Crippen LogP contribution in [0.1, 0.15) is 76.5 Å². The van der Waals surface area contributed by atoms with E-state index in [2.05, 4.69) is 32.2 Å². The van der Waals surface area contributed by atoms with Crippen molar-refractivity contribution in [1.82, 2.24) is 5.32 Å². The Morgan fingerprint density at radius 1 is 1.10 bits per heavy atom. The minimum absolute atomic E-state index is 0.116. The summed E-state index contributed by atoms with van der Waals surface area (Å²) in [5, 5.41) is 3.61. The lowest BCUT2D eigenvalue weighted by Gasteiger charge is -2.25. The number of rotatable bonds is 10. The van der Waals surface area contributed by atoms with Crippen molar-refractivity contribution >= 4 is 0 Å². The Morgan fingerprint density at radius 2 is 1.86 bits per heavy atom. The Balaban J connectivity index is 2.82. The number of unbranched alkanes of at least 4 members (excludes halogenated alkanes) is 1. The zero-order valence-electron chi connectivity index (χ0n) is 14.2. The van der Waals surface area contributed by atoms with Crippen molar-refractivity contribution in [3.63, 3.8) is 0 Å². The van der Waals surface area contributed by atoms with E-state index in [1.807, 2.05) is 6.92 Å². The SMILES string of the molecule is CCCCC(CC)CC(NCCC)c1cc(C)cc(F)c1. The summed E-state index contributed by atoms with van der Waals surface area (Å²) >= 11 is 0. The van der Waals surface area contributed by atoms with Gasteiger partial charge in [-0.05, 0) is 55.5 Å². The number of hydrogen-bond donors (Lipinski definition) is 1. The molecule has 0 bridgehead atoms. The minimum atomic E-state index is -0.116. The Bertz CT molecular complexity index is 382. The second kappa shape index (κ2) is 9.94. The van der Waals surface area contributed by atoms with E-state index in [0.29, 0.717) is 0 Å². The molecule has 0 aliphatic heterocycles. The lowest BCUT2D eigenvalue weighted by molar-refractivity contribution is 0.353. The molecular weight excluding hydrogens is 261 g/mol. The van der Waals surface area contributed by atoms with Gasteiger partial charge in [0.05, 0.1) is 0 Å². The van der Waals surface area contributed by atoms with Crippen LogP contribution in [0.5, 0.6) is 0 Å². The van der Waals surface area contributed by atoms with Crippen LogP contribution in [0.3, 0.4) is 0 Å². The maximum absolute atomic E-state index is 13.7. The molecule has 2 atom stereocenters. The van der Waals surface area contributed by atoms with Gasteiger partial charge in [0.25, 0.3) is 0 Å². The van der Waals surface area contributed by atoms with E-state index >= 15 is 0 Å². The summed E-state index contributed by atoms with van der Waals surface area (Å²) in [6, 6.07) is 5.71. The molecule has 0 saturated carbocycles. The van der Waals surface area contributed by atoms with Gasteiger partial charge in [0.15, 0.2) is 0 Å². The maximum atomic E-state index is 13.7. The van der Waals surface area contributed by atoms with Gasteiger partial charge in [0, 0.05) is 6.04 Å². The van der Waals surface area contributed by atoms with Gasteiger partial charge in [0.1, 0.15) is 5.82 Å². The summed E-state index contributed by atoms with van der Waals surface area (Å²) in [5.74, 6) is 0.609. The topological polar surface area (TPSA) is 12.0 Å². The van der Waals surface area contributed by atoms with Gasteiger partial charge in [-0.2, -0.15) is 0 Å². The molecule has 120 valence electrons. The molecule has 0 amide bonds. The summed E-state index contributed by atoms with van der Waals surface area (Å²) in [7, 11) is 0. The number of nitrogens with one attached hydrogen (secondary N) is 1. The zero-order valence-corrected chi connectivity index (χ0v) is 14.2. The summed E-state index contributed by atoms with van der Waals surface area (Å²) < 4.78 is 13.7. The number of halogens is 1. The number of benzene rings is 1. The third-order valence-electron chi connectivity index (χ3n) is 4.22.